The van der Waals surface area contributed by atoms with E-state index >= 15 is 0 Å². The molecule has 0 fully saturated rings. The van der Waals surface area contributed by atoms with Crippen molar-refractivity contribution in [3.05, 3.63) is 35.1 Å². The number of aromatic nitrogens is 3. The standard InChI is InChI=1S/C12H13ClN4OS/c1-7-3-4-9(5-10(7)13)17-6-15-16-12(17)19-8(2)11(14)18/h3-6,8H,1-2H3,(H2,14,18)/t8-/m0/s1. The summed E-state index contributed by atoms with van der Waals surface area (Å²) >= 11 is 7.37. The van der Waals surface area contributed by atoms with E-state index in [0.717, 1.165) is 11.3 Å². The Kier molecular flexibility index (Phi) is 4.11. The summed E-state index contributed by atoms with van der Waals surface area (Å²) in [5.74, 6) is -0.388. The maximum Gasteiger partial charge on any atom is 0.230 e. The first-order valence-electron chi connectivity index (χ1n) is 5.61. The Bertz CT molecular complexity index is 614. The summed E-state index contributed by atoms with van der Waals surface area (Å²) < 4.78 is 1.77. The van der Waals surface area contributed by atoms with E-state index in [-0.39, 0.29) is 11.2 Å². The van der Waals surface area contributed by atoms with Gasteiger partial charge in [-0.15, -0.1) is 10.2 Å². The molecule has 1 aromatic carbocycles. The number of amides is 1. The maximum absolute atomic E-state index is 11.1. The second-order valence-corrected chi connectivity index (χ2v) is 5.79. The van der Waals surface area contributed by atoms with Gasteiger partial charge in [-0.25, -0.2) is 0 Å². The molecule has 0 unspecified atom stereocenters. The number of benzene rings is 1. The lowest BCUT2D eigenvalue weighted by atomic mass is 10.2. The first-order chi connectivity index (χ1) is 8.99. The minimum absolute atomic E-state index is 0.371. The number of nitrogens with two attached hydrogens (primary N) is 1. The fourth-order valence-electron chi connectivity index (χ4n) is 1.43. The molecule has 0 saturated heterocycles. The van der Waals surface area contributed by atoms with Gasteiger partial charge in [0.2, 0.25) is 5.91 Å². The number of hydrogen-bond donors (Lipinski definition) is 1. The van der Waals surface area contributed by atoms with Gasteiger partial charge in [-0.1, -0.05) is 29.4 Å². The van der Waals surface area contributed by atoms with Crippen molar-refractivity contribution in [2.24, 2.45) is 5.73 Å². The Morgan fingerprint density at radius 3 is 2.89 bits per heavy atom. The molecule has 19 heavy (non-hydrogen) atoms. The number of carbonyl (C=O) groups is 1. The number of halogens is 1. The zero-order valence-electron chi connectivity index (χ0n) is 10.5. The first kappa shape index (κ1) is 13.9. The Morgan fingerprint density at radius 2 is 2.26 bits per heavy atom. The highest BCUT2D eigenvalue weighted by Gasteiger charge is 2.16. The third-order valence-electron chi connectivity index (χ3n) is 2.63. The quantitative estimate of drug-likeness (QED) is 0.878. The van der Waals surface area contributed by atoms with E-state index in [2.05, 4.69) is 10.2 Å². The number of hydrogen-bond acceptors (Lipinski definition) is 4. The summed E-state index contributed by atoms with van der Waals surface area (Å²) in [7, 11) is 0. The molecule has 0 aliphatic carbocycles. The molecule has 0 bridgehead atoms. The minimum atomic E-state index is -0.388. The van der Waals surface area contributed by atoms with Crippen molar-refractivity contribution in [2.75, 3.05) is 0 Å². The molecule has 1 heterocycles. The van der Waals surface area contributed by atoms with Crippen LogP contribution in [0.5, 0.6) is 0 Å². The Hall–Kier alpha value is -1.53. The second-order valence-electron chi connectivity index (χ2n) is 4.08. The van der Waals surface area contributed by atoms with Gasteiger partial charge in [0.25, 0.3) is 0 Å². The van der Waals surface area contributed by atoms with E-state index in [1.165, 1.54) is 11.8 Å². The van der Waals surface area contributed by atoms with Gasteiger partial charge < -0.3 is 5.73 Å². The van der Waals surface area contributed by atoms with Gasteiger partial charge in [0.15, 0.2) is 5.16 Å². The molecule has 2 aromatic rings. The molecule has 1 aromatic heterocycles. The van der Waals surface area contributed by atoms with Gasteiger partial charge in [-0.05, 0) is 31.5 Å². The van der Waals surface area contributed by atoms with Gasteiger partial charge in [-0.2, -0.15) is 0 Å². The molecular weight excluding hydrogens is 284 g/mol. The summed E-state index contributed by atoms with van der Waals surface area (Å²) in [5.41, 5.74) is 7.09. The average Bonchev–Trinajstić information content (AvgIpc) is 2.80. The predicted octanol–water partition coefficient (Wildman–Crippen LogP) is 2.20. The van der Waals surface area contributed by atoms with Crippen LogP contribution >= 0.6 is 23.4 Å². The first-order valence-corrected chi connectivity index (χ1v) is 6.87. The smallest absolute Gasteiger partial charge is 0.230 e. The number of rotatable bonds is 4. The van der Waals surface area contributed by atoms with E-state index in [9.17, 15) is 4.79 Å². The molecule has 1 amide bonds. The summed E-state index contributed by atoms with van der Waals surface area (Å²) in [6.45, 7) is 3.66. The third-order valence-corrected chi connectivity index (χ3v) is 4.12. The van der Waals surface area contributed by atoms with Crippen LogP contribution in [0.25, 0.3) is 5.69 Å². The highest BCUT2D eigenvalue weighted by Crippen LogP contribution is 2.25. The Labute approximate surface area is 120 Å². The molecule has 1 atom stereocenters. The van der Waals surface area contributed by atoms with Gasteiger partial charge in [-0.3, -0.25) is 9.36 Å². The highest BCUT2D eigenvalue weighted by atomic mass is 35.5. The highest BCUT2D eigenvalue weighted by molar-refractivity contribution is 8.00. The second kappa shape index (κ2) is 5.63. The van der Waals surface area contributed by atoms with E-state index < -0.39 is 0 Å². The number of nitrogens with zero attached hydrogens (tertiary/aromatic N) is 3. The van der Waals surface area contributed by atoms with Crippen LogP contribution in [0.4, 0.5) is 0 Å². The molecule has 7 heteroatoms. The molecule has 2 N–H and O–H groups in total. The van der Waals surface area contributed by atoms with Crippen molar-refractivity contribution in [3.8, 4) is 5.69 Å². The van der Waals surface area contributed by atoms with E-state index in [0.29, 0.717) is 10.2 Å². The molecule has 2 rings (SSSR count). The summed E-state index contributed by atoms with van der Waals surface area (Å²) in [6.07, 6.45) is 1.58. The maximum atomic E-state index is 11.1. The van der Waals surface area contributed by atoms with Crippen molar-refractivity contribution < 1.29 is 4.79 Å². The third kappa shape index (κ3) is 3.08. The molecule has 0 aliphatic rings. The molecule has 0 aliphatic heterocycles. The SMILES string of the molecule is Cc1ccc(-n2cnnc2S[C@@H](C)C(N)=O)cc1Cl. The summed E-state index contributed by atoms with van der Waals surface area (Å²) in [6, 6.07) is 5.67. The normalized spacial score (nSPS) is 12.4. The number of aryl methyl sites for hydroxylation is 1. The van der Waals surface area contributed by atoms with Crippen LogP contribution in [0.15, 0.2) is 29.7 Å². The fraction of sp³-hybridized carbons (Fsp3) is 0.250. The number of primary amides is 1. The van der Waals surface area contributed by atoms with Gasteiger partial charge in [0.1, 0.15) is 6.33 Å². The fourth-order valence-corrected chi connectivity index (χ4v) is 2.40. The van der Waals surface area contributed by atoms with Crippen LogP contribution < -0.4 is 5.73 Å². The number of thioether (sulfide) groups is 1. The van der Waals surface area contributed by atoms with Crippen molar-refractivity contribution in [3.63, 3.8) is 0 Å². The predicted molar refractivity (Wildman–Crippen MR) is 75.6 cm³/mol. The monoisotopic (exact) mass is 296 g/mol. The van der Waals surface area contributed by atoms with E-state index in [1.54, 1.807) is 17.8 Å². The van der Waals surface area contributed by atoms with E-state index in [4.69, 9.17) is 17.3 Å². The van der Waals surface area contributed by atoms with Crippen LogP contribution in [0, 0.1) is 6.92 Å². The lowest BCUT2D eigenvalue weighted by Crippen LogP contribution is -2.22. The van der Waals surface area contributed by atoms with Crippen LogP contribution in [0.1, 0.15) is 12.5 Å². The molecule has 100 valence electrons. The van der Waals surface area contributed by atoms with Crippen LogP contribution in [0.2, 0.25) is 5.02 Å². The van der Waals surface area contributed by atoms with Crippen LogP contribution in [0.3, 0.4) is 0 Å². The zero-order chi connectivity index (χ0) is 14.0. The molecule has 0 saturated carbocycles. The van der Waals surface area contributed by atoms with Crippen molar-refractivity contribution in [1.82, 2.24) is 14.8 Å². The minimum Gasteiger partial charge on any atom is -0.369 e. The van der Waals surface area contributed by atoms with Gasteiger partial charge >= 0.3 is 0 Å². The Balaban J connectivity index is 2.33. The lowest BCUT2D eigenvalue weighted by molar-refractivity contribution is -0.117. The van der Waals surface area contributed by atoms with Gasteiger partial charge in [0, 0.05) is 5.02 Å². The zero-order valence-corrected chi connectivity index (χ0v) is 12.1. The lowest BCUT2D eigenvalue weighted by Gasteiger charge is -2.09. The average molecular weight is 297 g/mol. The summed E-state index contributed by atoms with van der Waals surface area (Å²) in [5, 5.41) is 8.75. The molecule has 5 nitrogen and oxygen atoms in total. The van der Waals surface area contributed by atoms with E-state index in [1.807, 2.05) is 25.1 Å². The summed E-state index contributed by atoms with van der Waals surface area (Å²) in [4.78, 5) is 11.1. The van der Waals surface area contributed by atoms with Crippen LogP contribution in [-0.2, 0) is 4.79 Å². The van der Waals surface area contributed by atoms with Crippen molar-refractivity contribution in [2.45, 2.75) is 24.3 Å². The van der Waals surface area contributed by atoms with Crippen molar-refractivity contribution in [1.29, 1.82) is 0 Å². The van der Waals surface area contributed by atoms with Gasteiger partial charge in [0.05, 0.1) is 10.9 Å². The van der Waals surface area contributed by atoms with Crippen molar-refractivity contribution >= 4 is 29.3 Å². The molecule has 0 spiro atoms. The largest absolute Gasteiger partial charge is 0.369 e. The Morgan fingerprint density at radius 1 is 1.53 bits per heavy atom. The molecular formula is C12H13ClN4OS. The topological polar surface area (TPSA) is 73.8 Å². The molecule has 0 radical (unpaired) electrons. The number of carbonyl (C=O) groups excluding carboxylic acids is 1. The van der Waals surface area contributed by atoms with Crippen LogP contribution in [-0.4, -0.2) is 25.9 Å².